The Bertz CT molecular complexity index is 310. The van der Waals surface area contributed by atoms with Crippen molar-refractivity contribution in [2.24, 2.45) is 10.7 Å². The van der Waals surface area contributed by atoms with Gasteiger partial charge in [-0.1, -0.05) is 27.7 Å². The molecule has 3 N–H and O–H groups in total. The molecule has 0 saturated carbocycles. The normalized spacial score (nSPS) is 23.2. The van der Waals surface area contributed by atoms with Crippen LogP contribution in [-0.2, 0) is 4.43 Å². The van der Waals surface area contributed by atoms with Gasteiger partial charge in [-0.3, -0.25) is 0 Å². The first-order chi connectivity index (χ1) is 8.17. The van der Waals surface area contributed by atoms with Gasteiger partial charge in [0.05, 0.1) is 12.1 Å². The molecule has 2 atom stereocenters. The Morgan fingerprint density at radius 2 is 2.11 bits per heavy atom. The molecule has 5 heteroatoms. The van der Waals surface area contributed by atoms with Crippen molar-refractivity contribution in [3.05, 3.63) is 0 Å². The predicted octanol–water partition coefficient (Wildman–Crippen LogP) is 2.46. The van der Waals surface area contributed by atoms with E-state index in [2.05, 4.69) is 51.1 Å². The summed E-state index contributed by atoms with van der Waals surface area (Å²) in [4.78, 5) is 4.50. The fourth-order valence-corrected chi connectivity index (χ4v) is 3.33. The molecule has 18 heavy (non-hydrogen) atoms. The maximum absolute atomic E-state index is 6.49. The summed E-state index contributed by atoms with van der Waals surface area (Å²) in [5.41, 5.74) is 5.76. The maximum Gasteiger partial charge on any atom is 0.192 e. The molecule has 0 saturated heterocycles. The molecule has 1 heterocycles. The third kappa shape index (κ3) is 3.72. The van der Waals surface area contributed by atoms with Crippen LogP contribution in [0, 0.1) is 0 Å². The molecule has 0 bridgehead atoms. The van der Waals surface area contributed by atoms with Crippen LogP contribution in [-0.4, -0.2) is 33.0 Å². The van der Waals surface area contributed by atoms with Gasteiger partial charge >= 0.3 is 0 Å². The number of hydrogen-bond donors (Lipinski definition) is 2. The number of nitrogens with one attached hydrogen (secondary N) is 1. The summed E-state index contributed by atoms with van der Waals surface area (Å²) >= 11 is 0. The fraction of sp³-hybridized carbons (Fsp3) is 0.923. The molecule has 0 amide bonds. The van der Waals surface area contributed by atoms with Crippen LogP contribution in [0.4, 0.5) is 0 Å². The SMILES string of the molecule is CC[C@H](O[Si](C)(C)C(C)(C)C)[C@H]1CCNC(N)=N1. The van der Waals surface area contributed by atoms with Gasteiger partial charge in [-0.15, -0.1) is 0 Å². The summed E-state index contributed by atoms with van der Waals surface area (Å²) in [5, 5.41) is 3.31. The standard InChI is InChI=1S/C13H29N3OSi/c1-7-11(10-8-9-15-12(14)16-10)17-18(5,6)13(2,3)4/h10-11H,7-9H2,1-6H3,(H3,14,15,16)/t10-,11+/m1/s1. The summed E-state index contributed by atoms with van der Waals surface area (Å²) in [6, 6.07) is 0.213. The minimum atomic E-state index is -1.73. The second-order valence-electron chi connectivity index (χ2n) is 6.62. The summed E-state index contributed by atoms with van der Waals surface area (Å²) in [5.74, 6) is 0.559. The average Bonchev–Trinajstić information content (AvgIpc) is 2.24. The van der Waals surface area contributed by atoms with Crippen molar-refractivity contribution in [3.63, 3.8) is 0 Å². The molecule has 0 aromatic carbocycles. The van der Waals surface area contributed by atoms with E-state index in [1.54, 1.807) is 0 Å². The van der Waals surface area contributed by atoms with E-state index in [1.165, 1.54) is 0 Å². The lowest BCUT2D eigenvalue weighted by Gasteiger charge is -2.41. The summed E-state index contributed by atoms with van der Waals surface area (Å²) in [6.07, 6.45) is 2.20. The number of rotatable bonds is 4. The molecule has 0 radical (unpaired) electrons. The van der Waals surface area contributed by atoms with Crippen molar-refractivity contribution in [1.82, 2.24) is 5.32 Å². The van der Waals surface area contributed by atoms with E-state index in [4.69, 9.17) is 10.2 Å². The van der Waals surface area contributed by atoms with Gasteiger partial charge in [-0.25, -0.2) is 4.99 Å². The quantitative estimate of drug-likeness (QED) is 0.772. The Kier molecular flexibility index (Phi) is 4.83. The first-order valence-electron chi connectivity index (χ1n) is 6.92. The lowest BCUT2D eigenvalue weighted by molar-refractivity contribution is 0.143. The number of nitrogens with zero attached hydrogens (tertiary/aromatic N) is 1. The zero-order valence-corrected chi connectivity index (χ0v) is 13.7. The molecular formula is C13H29N3OSi. The maximum atomic E-state index is 6.49. The second kappa shape index (κ2) is 5.61. The van der Waals surface area contributed by atoms with Crippen LogP contribution in [0.3, 0.4) is 0 Å². The topological polar surface area (TPSA) is 59.6 Å². The first-order valence-corrected chi connectivity index (χ1v) is 9.83. The molecule has 1 rings (SSSR count). The highest BCUT2D eigenvalue weighted by atomic mass is 28.4. The van der Waals surface area contributed by atoms with Gasteiger partial charge < -0.3 is 15.5 Å². The van der Waals surface area contributed by atoms with Crippen molar-refractivity contribution in [2.75, 3.05) is 6.54 Å². The molecule has 0 unspecified atom stereocenters. The number of nitrogens with two attached hydrogens (primary N) is 1. The monoisotopic (exact) mass is 271 g/mol. The smallest absolute Gasteiger partial charge is 0.192 e. The van der Waals surface area contributed by atoms with Crippen LogP contribution in [0.15, 0.2) is 4.99 Å². The lowest BCUT2D eigenvalue weighted by Crippen LogP contribution is -2.49. The Morgan fingerprint density at radius 1 is 1.50 bits per heavy atom. The lowest BCUT2D eigenvalue weighted by atomic mass is 10.1. The molecule has 106 valence electrons. The molecule has 1 aliphatic heterocycles. The van der Waals surface area contributed by atoms with E-state index in [0.717, 1.165) is 19.4 Å². The van der Waals surface area contributed by atoms with E-state index in [0.29, 0.717) is 5.96 Å². The number of hydrogen-bond acceptors (Lipinski definition) is 4. The second-order valence-corrected chi connectivity index (χ2v) is 11.4. The highest BCUT2D eigenvalue weighted by molar-refractivity contribution is 6.74. The van der Waals surface area contributed by atoms with Crippen LogP contribution in [0.1, 0.15) is 40.5 Å². The Labute approximate surface area is 113 Å². The van der Waals surface area contributed by atoms with E-state index in [9.17, 15) is 0 Å². The van der Waals surface area contributed by atoms with Crippen LogP contribution in [0.2, 0.25) is 18.1 Å². The Hall–Kier alpha value is -0.553. The fourth-order valence-electron chi connectivity index (χ4n) is 1.90. The van der Waals surface area contributed by atoms with E-state index in [1.807, 2.05) is 0 Å². The summed E-state index contributed by atoms with van der Waals surface area (Å²) < 4.78 is 6.49. The van der Waals surface area contributed by atoms with Gasteiger partial charge in [0, 0.05) is 6.54 Å². The third-order valence-electron chi connectivity index (χ3n) is 4.13. The van der Waals surface area contributed by atoms with Crippen molar-refractivity contribution >= 4 is 14.3 Å². The number of aliphatic imine (C=N–C) groups is 1. The average molecular weight is 271 g/mol. The van der Waals surface area contributed by atoms with Gasteiger partial charge in [0.15, 0.2) is 14.3 Å². The molecule has 0 spiro atoms. The van der Waals surface area contributed by atoms with Gasteiger partial charge in [0.2, 0.25) is 0 Å². The largest absolute Gasteiger partial charge is 0.412 e. The zero-order chi connectivity index (χ0) is 14.0. The van der Waals surface area contributed by atoms with Crippen molar-refractivity contribution < 1.29 is 4.43 Å². The minimum absolute atomic E-state index is 0.201. The highest BCUT2D eigenvalue weighted by Gasteiger charge is 2.40. The van der Waals surface area contributed by atoms with Crippen molar-refractivity contribution in [1.29, 1.82) is 0 Å². The molecule has 0 aromatic rings. The third-order valence-corrected chi connectivity index (χ3v) is 8.64. The predicted molar refractivity (Wildman–Crippen MR) is 80.4 cm³/mol. The minimum Gasteiger partial charge on any atom is -0.412 e. The van der Waals surface area contributed by atoms with Crippen LogP contribution in [0.5, 0.6) is 0 Å². The Balaban J connectivity index is 2.76. The van der Waals surface area contributed by atoms with Crippen molar-refractivity contribution in [3.8, 4) is 0 Å². The van der Waals surface area contributed by atoms with Gasteiger partial charge in [-0.05, 0) is 31.0 Å². The molecule has 0 aliphatic carbocycles. The van der Waals surface area contributed by atoms with E-state index >= 15 is 0 Å². The van der Waals surface area contributed by atoms with Gasteiger partial charge in [0.25, 0.3) is 0 Å². The highest BCUT2D eigenvalue weighted by Crippen LogP contribution is 2.38. The van der Waals surface area contributed by atoms with E-state index < -0.39 is 8.32 Å². The molecule has 0 fully saturated rings. The van der Waals surface area contributed by atoms with Gasteiger partial charge in [0.1, 0.15) is 0 Å². The first kappa shape index (κ1) is 15.5. The van der Waals surface area contributed by atoms with Crippen LogP contribution in [0.25, 0.3) is 0 Å². The molecule has 4 nitrogen and oxygen atoms in total. The molecular weight excluding hydrogens is 242 g/mol. The Morgan fingerprint density at radius 3 is 2.56 bits per heavy atom. The molecule has 0 aromatic heterocycles. The van der Waals surface area contributed by atoms with Crippen molar-refractivity contribution in [2.45, 2.75) is 70.8 Å². The van der Waals surface area contributed by atoms with E-state index in [-0.39, 0.29) is 17.2 Å². The number of guanidine groups is 1. The summed E-state index contributed by atoms with van der Waals surface area (Å²) in [6.45, 7) is 14.5. The van der Waals surface area contributed by atoms with Crippen LogP contribution < -0.4 is 11.1 Å². The van der Waals surface area contributed by atoms with Crippen LogP contribution >= 0.6 is 0 Å². The zero-order valence-electron chi connectivity index (χ0n) is 12.7. The summed E-state index contributed by atoms with van der Waals surface area (Å²) in [7, 11) is -1.73. The molecule has 1 aliphatic rings. The van der Waals surface area contributed by atoms with Gasteiger partial charge in [-0.2, -0.15) is 0 Å².